The van der Waals surface area contributed by atoms with Crippen LogP contribution in [0.3, 0.4) is 0 Å². The van der Waals surface area contributed by atoms with Crippen molar-refractivity contribution < 1.29 is 13.8 Å². The summed E-state index contributed by atoms with van der Waals surface area (Å²) in [5.74, 6) is 0. The standard InChI is InChI=1S/C18H32N7O5P/c1-6-23(7-2)31(28,24(8-3)9-4)29-12-15-14(21-22-19)10-16(30-15)25-11-13(5)17(26)20-18(25)27/h11,14-16H,6-10,12H2,1-5H3,(H,20,26,27)/t14-,15+,16+/m0/s1. The van der Waals surface area contributed by atoms with Crippen molar-refractivity contribution in [3.8, 4) is 0 Å². The number of hydrogen-bond donors (Lipinski definition) is 1. The monoisotopic (exact) mass is 457 g/mol. The van der Waals surface area contributed by atoms with E-state index >= 15 is 0 Å². The minimum Gasteiger partial charge on any atom is -0.352 e. The number of nitrogens with one attached hydrogen (secondary N) is 1. The first kappa shape index (κ1) is 25.3. The zero-order valence-electron chi connectivity index (χ0n) is 18.7. The molecule has 0 saturated carbocycles. The Morgan fingerprint density at radius 1 is 1.26 bits per heavy atom. The molecule has 1 fully saturated rings. The van der Waals surface area contributed by atoms with Crippen LogP contribution in [0.1, 0.15) is 45.9 Å². The molecule has 3 atom stereocenters. The van der Waals surface area contributed by atoms with Crippen LogP contribution >= 0.6 is 7.67 Å². The first-order valence-corrected chi connectivity index (χ1v) is 12.1. The summed E-state index contributed by atoms with van der Waals surface area (Å²) in [6.45, 7) is 11.4. The Kier molecular flexibility index (Phi) is 9.05. The Labute approximate surface area is 181 Å². The number of hydrogen-bond acceptors (Lipinski definition) is 6. The number of aryl methyl sites for hydroxylation is 1. The number of ether oxygens (including phenoxy) is 1. The van der Waals surface area contributed by atoms with E-state index < -0.39 is 37.3 Å². The van der Waals surface area contributed by atoms with Gasteiger partial charge in [-0.1, -0.05) is 32.8 Å². The van der Waals surface area contributed by atoms with Crippen molar-refractivity contribution in [2.45, 2.75) is 59.4 Å². The van der Waals surface area contributed by atoms with Gasteiger partial charge in [-0.05, 0) is 12.5 Å². The average Bonchev–Trinajstić information content (AvgIpc) is 3.14. The largest absolute Gasteiger partial charge is 0.352 e. The summed E-state index contributed by atoms with van der Waals surface area (Å²) in [5, 5.41) is 3.79. The van der Waals surface area contributed by atoms with Gasteiger partial charge >= 0.3 is 13.4 Å². The van der Waals surface area contributed by atoms with E-state index in [1.165, 1.54) is 10.8 Å². The minimum absolute atomic E-state index is 0.0679. The molecular formula is C18H32N7O5P. The van der Waals surface area contributed by atoms with Crippen LogP contribution in [-0.2, 0) is 13.8 Å². The Morgan fingerprint density at radius 3 is 2.35 bits per heavy atom. The maximum absolute atomic E-state index is 13.8. The molecule has 0 aliphatic carbocycles. The van der Waals surface area contributed by atoms with Gasteiger partial charge in [-0.3, -0.25) is 18.9 Å². The highest BCUT2D eigenvalue weighted by Gasteiger charge is 2.41. The Hall–Kier alpha value is -1.94. The Bertz CT molecular complexity index is 933. The molecule has 1 aliphatic rings. The molecule has 0 aromatic carbocycles. The third-order valence-corrected chi connectivity index (χ3v) is 8.49. The molecule has 0 amide bonds. The molecule has 13 heteroatoms. The maximum atomic E-state index is 13.8. The van der Waals surface area contributed by atoms with Crippen LogP contribution in [0.5, 0.6) is 0 Å². The van der Waals surface area contributed by atoms with E-state index in [1.54, 1.807) is 16.3 Å². The van der Waals surface area contributed by atoms with E-state index in [1.807, 2.05) is 27.7 Å². The molecule has 0 spiro atoms. The van der Waals surface area contributed by atoms with E-state index in [0.29, 0.717) is 31.7 Å². The van der Waals surface area contributed by atoms with Gasteiger partial charge in [0, 0.05) is 49.3 Å². The molecule has 2 rings (SSSR count). The number of aromatic nitrogens is 2. The number of rotatable bonds is 11. The van der Waals surface area contributed by atoms with E-state index in [0.717, 1.165) is 0 Å². The van der Waals surface area contributed by atoms with Crippen LogP contribution in [0.25, 0.3) is 10.4 Å². The summed E-state index contributed by atoms with van der Waals surface area (Å²) < 4.78 is 30.6. The van der Waals surface area contributed by atoms with E-state index in [2.05, 4.69) is 15.0 Å². The molecule has 1 saturated heterocycles. The lowest BCUT2D eigenvalue weighted by molar-refractivity contribution is -0.0250. The molecule has 12 nitrogen and oxygen atoms in total. The van der Waals surface area contributed by atoms with Crippen LogP contribution in [0.2, 0.25) is 0 Å². The van der Waals surface area contributed by atoms with Gasteiger partial charge in [0.05, 0.1) is 18.8 Å². The lowest BCUT2D eigenvalue weighted by atomic mass is 10.1. The minimum atomic E-state index is -3.32. The van der Waals surface area contributed by atoms with Crippen molar-refractivity contribution >= 4 is 7.67 Å². The Morgan fingerprint density at radius 2 is 1.84 bits per heavy atom. The van der Waals surface area contributed by atoms with Crippen molar-refractivity contribution in [1.82, 2.24) is 18.9 Å². The van der Waals surface area contributed by atoms with E-state index in [-0.39, 0.29) is 13.0 Å². The summed E-state index contributed by atoms with van der Waals surface area (Å²) in [4.78, 5) is 29.0. The van der Waals surface area contributed by atoms with Crippen molar-refractivity contribution in [3.63, 3.8) is 0 Å². The molecular weight excluding hydrogens is 425 g/mol. The van der Waals surface area contributed by atoms with Gasteiger partial charge in [-0.2, -0.15) is 0 Å². The van der Waals surface area contributed by atoms with Gasteiger partial charge in [-0.15, -0.1) is 0 Å². The zero-order valence-corrected chi connectivity index (χ0v) is 19.6. The molecule has 174 valence electrons. The van der Waals surface area contributed by atoms with Crippen molar-refractivity contribution in [2.24, 2.45) is 5.11 Å². The Balaban J connectivity index is 2.28. The summed E-state index contributed by atoms with van der Waals surface area (Å²) in [5.41, 5.74) is 8.25. The summed E-state index contributed by atoms with van der Waals surface area (Å²) in [6.07, 6.45) is 0.205. The first-order valence-electron chi connectivity index (χ1n) is 10.5. The number of H-pyrrole nitrogens is 1. The molecule has 1 N–H and O–H groups in total. The van der Waals surface area contributed by atoms with Crippen molar-refractivity contribution in [3.05, 3.63) is 43.0 Å². The summed E-state index contributed by atoms with van der Waals surface area (Å²) in [7, 11) is -3.32. The third kappa shape index (κ3) is 5.46. The molecule has 2 heterocycles. The fourth-order valence-electron chi connectivity index (χ4n) is 3.70. The maximum Gasteiger partial charge on any atom is 0.346 e. The second kappa shape index (κ2) is 11.1. The predicted octanol–water partition coefficient (Wildman–Crippen LogP) is 2.62. The highest BCUT2D eigenvalue weighted by atomic mass is 31.2. The van der Waals surface area contributed by atoms with Gasteiger partial charge in [0.2, 0.25) is 0 Å². The second-order valence-corrected chi connectivity index (χ2v) is 9.55. The number of aromatic amines is 1. The first-order chi connectivity index (χ1) is 14.7. The molecule has 31 heavy (non-hydrogen) atoms. The van der Waals surface area contributed by atoms with Gasteiger partial charge in [0.15, 0.2) is 0 Å². The van der Waals surface area contributed by atoms with Crippen LogP contribution in [0.15, 0.2) is 20.9 Å². The quantitative estimate of drug-likeness (QED) is 0.233. The second-order valence-electron chi connectivity index (χ2n) is 7.18. The summed E-state index contributed by atoms with van der Waals surface area (Å²) in [6, 6.07) is -0.615. The lowest BCUT2D eigenvalue weighted by Gasteiger charge is -2.37. The predicted molar refractivity (Wildman–Crippen MR) is 117 cm³/mol. The van der Waals surface area contributed by atoms with Crippen LogP contribution in [0.4, 0.5) is 0 Å². The zero-order chi connectivity index (χ0) is 23.2. The smallest absolute Gasteiger partial charge is 0.346 e. The SMILES string of the molecule is CCN(CC)P(=O)(OC[C@H]1O[C@@H](n2cc(C)c(=O)[nH]c2=O)C[C@@H]1N=[N+]=[N-])N(CC)CC. The molecule has 0 unspecified atom stereocenters. The fourth-order valence-corrected chi connectivity index (χ4v) is 6.15. The average molecular weight is 457 g/mol. The molecule has 1 aromatic rings. The molecule has 0 radical (unpaired) electrons. The number of nitrogens with zero attached hydrogens (tertiary/aromatic N) is 6. The molecule has 0 bridgehead atoms. The van der Waals surface area contributed by atoms with Crippen LogP contribution in [0, 0.1) is 6.92 Å². The van der Waals surface area contributed by atoms with Crippen LogP contribution in [-0.4, -0.2) is 63.8 Å². The topological polar surface area (TPSA) is 146 Å². The lowest BCUT2D eigenvalue weighted by Crippen LogP contribution is -2.35. The van der Waals surface area contributed by atoms with Gasteiger partial charge < -0.3 is 9.26 Å². The van der Waals surface area contributed by atoms with Crippen molar-refractivity contribution in [1.29, 1.82) is 0 Å². The fraction of sp³-hybridized carbons (Fsp3) is 0.778. The van der Waals surface area contributed by atoms with Crippen molar-refractivity contribution in [2.75, 3.05) is 32.8 Å². The molecule has 1 aromatic heterocycles. The van der Waals surface area contributed by atoms with Gasteiger partial charge in [-0.25, -0.2) is 14.1 Å². The highest BCUT2D eigenvalue weighted by molar-refractivity contribution is 7.53. The van der Waals surface area contributed by atoms with Gasteiger partial charge in [0.1, 0.15) is 6.23 Å². The summed E-state index contributed by atoms with van der Waals surface area (Å²) >= 11 is 0. The highest BCUT2D eigenvalue weighted by Crippen LogP contribution is 2.54. The number of azide groups is 1. The van der Waals surface area contributed by atoms with Gasteiger partial charge in [0.25, 0.3) is 5.56 Å². The van der Waals surface area contributed by atoms with Crippen LogP contribution < -0.4 is 11.2 Å². The normalized spacial score (nSPS) is 21.6. The van der Waals surface area contributed by atoms with E-state index in [4.69, 9.17) is 14.8 Å². The van der Waals surface area contributed by atoms with E-state index in [9.17, 15) is 14.2 Å². The molecule has 1 aliphatic heterocycles. The third-order valence-electron chi connectivity index (χ3n) is 5.44.